The maximum absolute atomic E-state index is 12.6. The van der Waals surface area contributed by atoms with Crippen LogP contribution in [0, 0.1) is 0 Å². The first-order valence-corrected chi connectivity index (χ1v) is 8.94. The number of nitrogens with one attached hydrogen (secondary N) is 1. The van der Waals surface area contributed by atoms with E-state index in [9.17, 15) is 27.6 Å². The molecule has 1 aliphatic heterocycles. The molecule has 1 heterocycles. The number of nitrogens with zero attached hydrogens (tertiary/aromatic N) is 1. The Morgan fingerprint density at radius 3 is 2.33 bits per heavy atom. The number of carbonyl (C=O) groups excluding carboxylic acids is 3. The Hall–Kier alpha value is -3.56. The monoisotopic (exact) mass is 422 g/mol. The summed E-state index contributed by atoms with van der Waals surface area (Å²) in [6.45, 7) is 0.279. The Balaban J connectivity index is 2.01. The molecule has 0 spiro atoms. The number of hydrogen-bond acceptors (Lipinski definition) is 6. The molecule has 0 aliphatic carbocycles. The lowest BCUT2D eigenvalue weighted by Gasteiger charge is -2.28. The van der Waals surface area contributed by atoms with E-state index in [4.69, 9.17) is 11.5 Å². The molecule has 7 nitrogen and oxygen atoms in total. The van der Waals surface area contributed by atoms with Crippen LogP contribution in [0.2, 0.25) is 0 Å². The third-order valence-corrected chi connectivity index (χ3v) is 4.40. The first-order chi connectivity index (χ1) is 14.2. The van der Waals surface area contributed by atoms with E-state index in [-0.39, 0.29) is 23.8 Å². The molecule has 0 bridgehead atoms. The third kappa shape index (κ3) is 5.97. The van der Waals surface area contributed by atoms with Crippen LogP contribution in [0.5, 0.6) is 0 Å². The van der Waals surface area contributed by atoms with Gasteiger partial charge >= 0.3 is 6.18 Å². The van der Waals surface area contributed by atoms with Crippen molar-refractivity contribution >= 4 is 24.2 Å². The van der Waals surface area contributed by atoms with Crippen molar-refractivity contribution in [2.75, 3.05) is 13.1 Å². The number of nitrogens with two attached hydrogens (primary N) is 2. The second-order valence-electron chi connectivity index (χ2n) is 6.54. The smallest absolute Gasteiger partial charge is 0.398 e. The second-order valence-corrected chi connectivity index (χ2v) is 6.54. The van der Waals surface area contributed by atoms with Gasteiger partial charge in [0.25, 0.3) is 0 Å². The maximum Gasteiger partial charge on any atom is 0.416 e. The molecule has 160 valence electrons. The van der Waals surface area contributed by atoms with Crippen molar-refractivity contribution < 1.29 is 27.6 Å². The fourth-order valence-corrected chi connectivity index (χ4v) is 2.89. The van der Waals surface area contributed by atoms with Gasteiger partial charge in [0.05, 0.1) is 17.8 Å². The zero-order valence-electron chi connectivity index (χ0n) is 15.9. The highest BCUT2D eigenvalue weighted by Crippen LogP contribution is 2.29. The molecule has 0 saturated carbocycles. The summed E-state index contributed by atoms with van der Waals surface area (Å²) in [7, 11) is 0. The fraction of sp³-hybridized carbons (Fsp3) is 0.250. The molecule has 1 aromatic carbocycles. The van der Waals surface area contributed by atoms with Crippen molar-refractivity contribution in [1.29, 1.82) is 0 Å². The number of allylic oxidation sites excluding steroid dienone is 4. The van der Waals surface area contributed by atoms with Gasteiger partial charge in [-0.1, -0.05) is 12.1 Å². The van der Waals surface area contributed by atoms with Gasteiger partial charge in [-0.25, -0.2) is 0 Å². The zero-order chi connectivity index (χ0) is 22.3. The number of alkyl halides is 3. The largest absolute Gasteiger partial charge is 0.416 e. The van der Waals surface area contributed by atoms with E-state index in [1.54, 1.807) is 0 Å². The molecular weight excluding hydrogens is 401 g/mol. The summed E-state index contributed by atoms with van der Waals surface area (Å²) in [5.74, 6) is -0.545. The molecule has 0 atom stereocenters. The van der Waals surface area contributed by atoms with Crippen LogP contribution in [-0.4, -0.2) is 36.5 Å². The number of rotatable bonds is 7. The molecule has 1 aromatic rings. The molecule has 30 heavy (non-hydrogen) atoms. The molecule has 1 amide bonds. The van der Waals surface area contributed by atoms with E-state index in [1.807, 2.05) is 0 Å². The molecule has 0 aromatic heterocycles. The highest BCUT2D eigenvalue weighted by Gasteiger charge is 2.30. The molecule has 1 aliphatic rings. The van der Waals surface area contributed by atoms with Crippen LogP contribution >= 0.6 is 0 Å². The minimum absolute atomic E-state index is 0.0425. The Labute approximate surface area is 170 Å². The van der Waals surface area contributed by atoms with Gasteiger partial charge < -0.3 is 21.7 Å². The normalized spacial score (nSPS) is 15.8. The minimum Gasteiger partial charge on any atom is -0.398 e. The van der Waals surface area contributed by atoms with Crippen molar-refractivity contribution in [3.8, 4) is 0 Å². The van der Waals surface area contributed by atoms with Gasteiger partial charge in [0.15, 0.2) is 6.29 Å². The van der Waals surface area contributed by atoms with Crippen LogP contribution in [0.15, 0.2) is 53.5 Å². The van der Waals surface area contributed by atoms with E-state index in [1.165, 1.54) is 29.2 Å². The molecule has 0 unspecified atom stereocenters. The standard InChI is InChI=1S/C20H21F3N4O3/c21-20(22,23)15-5-3-13(4-6-15)16(24)7-8-18(25)26-19(30)10-27-9-1-2-14(11-28)17(27)12-29/h3-8,11-12H,1-2,9-10,24-25H2,(H,26,30)/b16-7-,18-8+. The van der Waals surface area contributed by atoms with Crippen molar-refractivity contribution in [1.82, 2.24) is 10.2 Å². The van der Waals surface area contributed by atoms with Crippen LogP contribution < -0.4 is 16.8 Å². The quantitative estimate of drug-likeness (QED) is 0.454. The lowest BCUT2D eigenvalue weighted by Crippen LogP contribution is -2.40. The van der Waals surface area contributed by atoms with Gasteiger partial charge in [0.2, 0.25) is 5.91 Å². The summed E-state index contributed by atoms with van der Waals surface area (Å²) in [5, 5.41) is 2.42. The van der Waals surface area contributed by atoms with Gasteiger partial charge in [0.1, 0.15) is 12.1 Å². The molecule has 0 saturated heterocycles. The Kier molecular flexibility index (Phi) is 7.40. The molecule has 5 N–H and O–H groups in total. The number of halogens is 3. The lowest BCUT2D eigenvalue weighted by molar-refractivity contribution is -0.137. The van der Waals surface area contributed by atoms with Crippen LogP contribution in [0.4, 0.5) is 13.2 Å². The van der Waals surface area contributed by atoms with Gasteiger partial charge in [-0.15, -0.1) is 0 Å². The SMILES string of the molecule is N/C(=C\C=C(/N)NC(=O)CN1CCCC(C=O)=C1C=O)c1ccc(C(F)(F)F)cc1. The zero-order valence-corrected chi connectivity index (χ0v) is 15.9. The Bertz CT molecular complexity index is 903. The highest BCUT2D eigenvalue weighted by atomic mass is 19.4. The van der Waals surface area contributed by atoms with Gasteiger partial charge in [-0.2, -0.15) is 13.2 Å². The van der Waals surface area contributed by atoms with Crippen molar-refractivity contribution in [2.24, 2.45) is 11.5 Å². The van der Waals surface area contributed by atoms with Crippen molar-refractivity contribution in [2.45, 2.75) is 19.0 Å². The summed E-state index contributed by atoms with van der Waals surface area (Å²) >= 11 is 0. The number of carbonyl (C=O) groups is 3. The lowest BCUT2D eigenvalue weighted by atomic mass is 10.0. The van der Waals surface area contributed by atoms with Gasteiger partial charge in [-0.05, 0) is 42.7 Å². The van der Waals surface area contributed by atoms with Crippen LogP contribution in [0.3, 0.4) is 0 Å². The second kappa shape index (κ2) is 9.77. The number of aldehydes is 2. The third-order valence-electron chi connectivity index (χ3n) is 4.40. The Morgan fingerprint density at radius 1 is 1.10 bits per heavy atom. The maximum atomic E-state index is 12.6. The molecular formula is C20H21F3N4O3. The van der Waals surface area contributed by atoms with Crippen molar-refractivity contribution in [3.63, 3.8) is 0 Å². The van der Waals surface area contributed by atoms with E-state index in [0.29, 0.717) is 43.1 Å². The summed E-state index contributed by atoms with van der Waals surface area (Å²) in [6, 6.07) is 4.28. The van der Waals surface area contributed by atoms with Gasteiger partial charge in [0, 0.05) is 17.8 Å². The number of amides is 1. The average Bonchev–Trinajstić information content (AvgIpc) is 2.71. The molecule has 0 fully saturated rings. The van der Waals surface area contributed by atoms with Crippen LogP contribution in [-0.2, 0) is 20.6 Å². The predicted molar refractivity (Wildman–Crippen MR) is 104 cm³/mol. The average molecular weight is 422 g/mol. The number of benzene rings is 1. The summed E-state index contributed by atoms with van der Waals surface area (Å²) in [6.07, 6.45) is 0.474. The molecule has 2 rings (SSSR count). The highest BCUT2D eigenvalue weighted by molar-refractivity contribution is 5.88. The molecule has 10 heteroatoms. The van der Waals surface area contributed by atoms with E-state index >= 15 is 0 Å². The van der Waals surface area contributed by atoms with E-state index in [0.717, 1.165) is 12.1 Å². The topological polar surface area (TPSA) is 119 Å². The van der Waals surface area contributed by atoms with Crippen molar-refractivity contribution in [3.05, 3.63) is 64.6 Å². The minimum atomic E-state index is -4.44. The van der Waals surface area contributed by atoms with Crippen LogP contribution in [0.1, 0.15) is 24.0 Å². The predicted octanol–water partition coefficient (Wildman–Crippen LogP) is 1.67. The first kappa shape index (κ1) is 22.7. The molecule has 0 radical (unpaired) electrons. The fourth-order valence-electron chi connectivity index (χ4n) is 2.89. The summed E-state index contributed by atoms with van der Waals surface area (Å²) < 4.78 is 37.8. The number of hydrogen-bond donors (Lipinski definition) is 3. The van der Waals surface area contributed by atoms with E-state index < -0.39 is 17.6 Å². The first-order valence-electron chi connectivity index (χ1n) is 8.94. The summed E-state index contributed by atoms with van der Waals surface area (Å²) in [5.41, 5.74) is 11.8. The van der Waals surface area contributed by atoms with Crippen LogP contribution in [0.25, 0.3) is 5.70 Å². The van der Waals surface area contributed by atoms with E-state index in [2.05, 4.69) is 5.32 Å². The Morgan fingerprint density at radius 2 is 1.77 bits per heavy atom. The van der Waals surface area contributed by atoms with Gasteiger partial charge in [-0.3, -0.25) is 14.4 Å². The summed E-state index contributed by atoms with van der Waals surface area (Å²) in [4.78, 5) is 35.9.